The second-order valence-electron chi connectivity index (χ2n) is 6.15. The third-order valence-corrected chi connectivity index (χ3v) is 5.90. The molecule has 5 heteroatoms. The molecule has 1 fully saturated rings. The SMILES string of the molecule is O=C(NCc1cnn2ccccc12)C1(c2cccs2)CCCC1. The van der Waals surface area contributed by atoms with Crippen LogP contribution in [0.15, 0.2) is 48.1 Å². The summed E-state index contributed by atoms with van der Waals surface area (Å²) >= 11 is 1.70. The topological polar surface area (TPSA) is 46.4 Å². The van der Waals surface area contributed by atoms with E-state index < -0.39 is 0 Å². The first-order valence-electron chi connectivity index (χ1n) is 8.03. The van der Waals surface area contributed by atoms with Crippen molar-refractivity contribution in [3.8, 4) is 0 Å². The zero-order valence-electron chi connectivity index (χ0n) is 12.9. The number of aromatic nitrogens is 2. The molecule has 118 valence electrons. The number of nitrogens with one attached hydrogen (secondary N) is 1. The summed E-state index contributed by atoms with van der Waals surface area (Å²) in [5, 5.41) is 9.55. The van der Waals surface area contributed by atoms with Gasteiger partial charge in [-0.05, 0) is 36.4 Å². The van der Waals surface area contributed by atoms with Crippen molar-refractivity contribution >= 4 is 22.8 Å². The number of fused-ring (bicyclic) bond motifs is 1. The molecule has 1 amide bonds. The molecule has 4 rings (SSSR count). The Balaban J connectivity index is 1.55. The molecule has 3 aromatic rings. The van der Waals surface area contributed by atoms with Crippen molar-refractivity contribution in [2.45, 2.75) is 37.6 Å². The van der Waals surface area contributed by atoms with E-state index in [1.165, 1.54) is 4.88 Å². The highest BCUT2D eigenvalue weighted by atomic mass is 32.1. The van der Waals surface area contributed by atoms with E-state index in [0.29, 0.717) is 6.54 Å². The Morgan fingerprint density at radius 2 is 2.13 bits per heavy atom. The minimum Gasteiger partial charge on any atom is -0.351 e. The molecule has 1 saturated carbocycles. The fourth-order valence-electron chi connectivity index (χ4n) is 3.58. The lowest BCUT2D eigenvalue weighted by atomic mass is 9.83. The molecule has 0 aliphatic heterocycles. The van der Waals surface area contributed by atoms with Crippen LogP contribution in [0.2, 0.25) is 0 Å². The number of rotatable bonds is 4. The van der Waals surface area contributed by atoms with Crippen LogP contribution in [-0.4, -0.2) is 15.5 Å². The molecule has 0 atom stereocenters. The molecule has 3 heterocycles. The van der Waals surface area contributed by atoms with Crippen LogP contribution < -0.4 is 5.32 Å². The normalized spacial score (nSPS) is 16.7. The van der Waals surface area contributed by atoms with Crippen LogP contribution in [0.4, 0.5) is 0 Å². The summed E-state index contributed by atoms with van der Waals surface area (Å²) in [5.41, 5.74) is 1.78. The van der Waals surface area contributed by atoms with Crippen LogP contribution >= 0.6 is 11.3 Å². The van der Waals surface area contributed by atoms with Crippen LogP contribution in [0.5, 0.6) is 0 Å². The fourth-order valence-corrected chi connectivity index (χ4v) is 4.57. The fraction of sp³-hybridized carbons (Fsp3) is 0.333. The van der Waals surface area contributed by atoms with Gasteiger partial charge in [0.15, 0.2) is 0 Å². The van der Waals surface area contributed by atoms with Crippen molar-refractivity contribution in [2.75, 3.05) is 0 Å². The summed E-state index contributed by atoms with van der Waals surface area (Å²) in [6.07, 6.45) is 7.92. The first-order chi connectivity index (χ1) is 11.3. The summed E-state index contributed by atoms with van der Waals surface area (Å²) in [4.78, 5) is 14.2. The maximum Gasteiger partial charge on any atom is 0.231 e. The van der Waals surface area contributed by atoms with Gasteiger partial charge in [-0.2, -0.15) is 5.10 Å². The molecule has 0 spiro atoms. The third-order valence-electron chi connectivity index (χ3n) is 4.83. The van der Waals surface area contributed by atoms with E-state index in [1.807, 2.05) is 41.2 Å². The van der Waals surface area contributed by atoms with E-state index in [0.717, 1.165) is 36.8 Å². The molecule has 4 nitrogen and oxygen atoms in total. The molecule has 23 heavy (non-hydrogen) atoms. The van der Waals surface area contributed by atoms with Gasteiger partial charge in [0.2, 0.25) is 5.91 Å². The van der Waals surface area contributed by atoms with Crippen molar-refractivity contribution in [3.63, 3.8) is 0 Å². The number of amides is 1. The highest BCUT2D eigenvalue weighted by molar-refractivity contribution is 7.10. The molecular weight excluding hydrogens is 306 g/mol. The molecule has 0 aromatic carbocycles. The summed E-state index contributed by atoms with van der Waals surface area (Å²) in [7, 11) is 0. The average molecular weight is 325 g/mol. The molecular formula is C18H19N3OS. The number of thiophene rings is 1. The first-order valence-corrected chi connectivity index (χ1v) is 8.91. The van der Waals surface area contributed by atoms with Crippen molar-refractivity contribution in [1.29, 1.82) is 0 Å². The molecule has 1 aliphatic rings. The van der Waals surface area contributed by atoms with Crippen LogP contribution in [0.3, 0.4) is 0 Å². The molecule has 1 N–H and O–H groups in total. The number of carbonyl (C=O) groups is 1. The Hall–Kier alpha value is -2.14. The number of nitrogens with zero attached hydrogens (tertiary/aromatic N) is 2. The van der Waals surface area contributed by atoms with Crippen molar-refractivity contribution in [1.82, 2.24) is 14.9 Å². The maximum absolute atomic E-state index is 13.0. The van der Waals surface area contributed by atoms with Gasteiger partial charge >= 0.3 is 0 Å². The third kappa shape index (κ3) is 2.45. The molecule has 0 unspecified atom stereocenters. The number of carbonyl (C=O) groups excluding carboxylic acids is 1. The lowest BCUT2D eigenvalue weighted by Gasteiger charge is -2.26. The summed E-state index contributed by atoms with van der Waals surface area (Å²) in [5.74, 6) is 0.160. The van der Waals surface area contributed by atoms with Crippen LogP contribution in [0.25, 0.3) is 5.52 Å². The van der Waals surface area contributed by atoms with E-state index in [9.17, 15) is 4.79 Å². The first kappa shape index (κ1) is 14.5. The highest BCUT2D eigenvalue weighted by Crippen LogP contribution is 2.43. The van der Waals surface area contributed by atoms with Gasteiger partial charge in [0.25, 0.3) is 0 Å². The molecule has 3 aromatic heterocycles. The van der Waals surface area contributed by atoms with E-state index in [2.05, 4.69) is 21.9 Å². The summed E-state index contributed by atoms with van der Waals surface area (Å²) in [6.45, 7) is 0.527. The van der Waals surface area contributed by atoms with Gasteiger partial charge in [-0.3, -0.25) is 4.79 Å². The number of pyridine rings is 1. The monoisotopic (exact) mass is 325 g/mol. The minimum absolute atomic E-state index is 0.160. The molecule has 0 radical (unpaired) electrons. The Bertz CT molecular complexity index is 816. The van der Waals surface area contributed by atoms with Crippen LogP contribution in [-0.2, 0) is 16.8 Å². The predicted octanol–water partition coefficient (Wildman–Crippen LogP) is 3.52. The van der Waals surface area contributed by atoms with Gasteiger partial charge in [0.05, 0.1) is 17.1 Å². The lowest BCUT2D eigenvalue weighted by molar-refractivity contribution is -0.126. The Morgan fingerprint density at radius 3 is 2.91 bits per heavy atom. The van der Waals surface area contributed by atoms with Gasteiger partial charge in [0, 0.05) is 23.2 Å². The van der Waals surface area contributed by atoms with Crippen LogP contribution in [0, 0.1) is 0 Å². The zero-order valence-corrected chi connectivity index (χ0v) is 13.7. The smallest absolute Gasteiger partial charge is 0.231 e. The van der Waals surface area contributed by atoms with E-state index in [4.69, 9.17) is 0 Å². The largest absolute Gasteiger partial charge is 0.351 e. The second-order valence-corrected chi connectivity index (χ2v) is 7.10. The summed E-state index contributed by atoms with van der Waals surface area (Å²) in [6, 6.07) is 10.1. The van der Waals surface area contributed by atoms with E-state index >= 15 is 0 Å². The van der Waals surface area contributed by atoms with Gasteiger partial charge in [0.1, 0.15) is 0 Å². The van der Waals surface area contributed by atoms with Crippen LogP contribution in [0.1, 0.15) is 36.1 Å². The number of hydrogen-bond acceptors (Lipinski definition) is 3. The minimum atomic E-state index is -0.322. The number of hydrogen-bond donors (Lipinski definition) is 1. The molecule has 1 aliphatic carbocycles. The van der Waals surface area contributed by atoms with Gasteiger partial charge in [-0.1, -0.05) is 25.0 Å². The van der Waals surface area contributed by atoms with Crippen molar-refractivity contribution in [3.05, 3.63) is 58.5 Å². The summed E-state index contributed by atoms with van der Waals surface area (Å²) < 4.78 is 1.84. The lowest BCUT2D eigenvalue weighted by Crippen LogP contribution is -2.41. The van der Waals surface area contributed by atoms with Gasteiger partial charge < -0.3 is 5.32 Å². The van der Waals surface area contributed by atoms with Crippen molar-refractivity contribution in [2.24, 2.45) is 0 Å². The van der Waals surface area contributed by atoms with Gasteiger partial charge in [-0.15, -0.1) is 11.3 Å². The highest BCUT2D eigenvalue weighted by Gasteiger charge is 2.43. The zero-order chi connectivity index (χ0) is 15.7. The predicted molar refractivity (Wildman–Crippen MR) is 91.5 cm³/mol. The molecule has 0 saturated heterocycles. The van der Waals surface area contributed by atoms with Gasteiger partial charge in [-0.25, -0.2) is 4.52 Å². The Morgan fingerprint density at radius 1 is 1.26 bits per heavy atom. The quantitative estimate of drug-likeness (QED) is 0.798. The second kappa shape index (κ2) is 5.81. The standard InChI is InChI=1S/C18H19N3OS/c22-17(18(8-2-3-9-18)16-7-5-11-23-16)19-12-14-13-20-21-10-4-1-6-15(14)21/h1,4-7,10-11,13H,2-3,8-9,12H2,(H,19,22). The average Bonchev–Trinajstić information content (AvgIpc) is 3.32. The van der Waals surface area contributed by atoms with Crippen molar-refractivity contribution < 1.29 is 4.79 Å². The van der Waals surface area contributed by atoms with E-state index in [1.54, 1.807) is 11.3 Å². The van der Waals surface area contributed by atoms with E-state index in [-0.39, 0.29) is 11.3 Å². The Labute approximate surface area is 139 Å². The maximum atomic E-state index is 13.0. The Kier molecular flexibility index (Phi) is 3.65. The molecule has 0 bridgehead atoms.